The first kappa shape index (κ1) is 34.0. The lowest BCUT2D eigenvalue weighted by atomic mass is 9.93. The Hall–Kier alpha value is -4.86. The first-order valence-corrected chi connectivity index (χ1v) is 17.0. The molecule has 1 saturated heterocycles. The average molecular weight is 676 g/mol. The fourth-order valence-electron chi connectivity index (χ4n) is 6.74. The van der Waals surface area contributed by atoms with Crippen molar-refractivity contribution < 1.29 is 24.1 Å². The molecule has 0 unspecified atom stereocenters. The lowest BCUT2D eigenvalue weighted by Crippen LogP contribution is -2.36. The first-order chi connectivity index (χ1) is 23.9. The van der Waals surface area contributed by atoms with E-state index in [2.05, 4.69) is 48.2 Å². The van der Waals surface area contributed by atoms with Crippen molar-refractivity contribution in [3.8, 4) is 40.5 Å². The number of carbonyl (C=O) groups excluding carboxylic acids is 1. The van der Waals surface area contributed by atoms with Gasteiger partial charge in [0, 0.05) is 25.7 Å². The van der Waals surface area contributed by atoms with Gasteiger partial charge in [-0.15, -0.1) is 0 Å². The Morgan fingerprint density at radius 3 is 2.39 bits per heavy atom. The monoisotopic (exact) mass is 675 g/mol. The number of ether oxygens (including phenoxy) is 3. The zero-order valence-electron chi connectivity index (χ0n) is 27.5. The largest absolute Gasteiger partial charge is 0.493 e. The minimum Gasteiger partial charge on any atom is -0.493 e. The van der Waals surface area contributed by atoms with Crippen LogP contribution in [0.25, 0.3) is 11.1 Å². The van der Waals surface area contributed by atoms with Gasteiger partial charge in [0.15, 0.2) is 6.29 Å². The number of hydrogen-bond acceptors (Lipinski definition) is 8. The van der Waals surface area contributed by atoms with E-state index in [0.29, 0.717) is 46.1 Å². The van der Waals surface area contributed by atoms with Gasteiger partial charge >= 0.3 is 0 Å². The van der Waals surface area contributed by atoms with Gasteiger partial charge in [0.1, 0.15) is 30.0 Å². The maximum atomic E-state index is 11.9. The highest BCUT2D eigenvalue weighted by Gasteiger charge is 2.28. The SMILES string of the molecule is Cc1c(OCCCN2CCC(O)CC2)cccc1-c1cccc2c1CC[C@@H]2Oc1cc(OCc2cc(C#N)cc(C#N)c2)c(C=O)cc1Cl. The van der Waals surface area contributed by atoms with E-state index >= 15 is 0 Å². The van der Waals surface area contributed by atoms with Crippen LogP contribution in [0.4, 0.5) is 0 Å². The number of benzene rings is 4. The Labute approximate surface area is 292 Å². The number of nitrogens with zero attached hydrogens (tertiary/aromatic N) is 3. The molecule has 0 aromatic heterocycles. The van der Waals surface area contributed by atoms with Crippen molar-refractivity contribution in [2.45, 2.75) is 57.8 Å². The minimum absolute atomic E-state index is 0.0489. The summed E-state index contributed by atoms with van der Waals surface area (Å²) in [6.07, 6.45) is 4.47. The highest BCUT2D eigenvalue weighted by Crippen LogP contribution is 2.44. The predicted molar refractivity (Wildman–Crippen MR) is 187 cm³/mol. The molecule has 4 aromatic rings. The highest BCUT2D eigenvalue weighted by molar-refractivity contribution is 6.32. The van der Waals surface area contributed by atoms with E-state index in [-0.39, 0.29) is 24.4 Å². The lowest BCUT2D eigenvalue weighted by Gasteiger charge is -2.29. The molecule has 1 heterocycles. The first-order valence-electron chi connectivity index (χ1n) is 16.6. The van der Waals surface area contributed by atoms with Gasteiger partial charge in [0.05, 0.1) is 46.6 Å². The van der Waals surface area contributed by atoms with Crippen LogP contribution >= 0.6 is 11.6 Å². The Morgan fingerprint density at radius 1 is 0.918 bits per heavy atom. The minimum atomic E-state index is -0.247. The summed E-state index contributed by atoms with van der Waals surface area (Å²) in [7, 11) is 0. The summed E-state index contributed by atoms with van der Waals surface area (Å²) in [4.78, 5) is 14.3. The van der Waals surface area contributed by atoms with Gasteiger partial charge in [-0.3, -0.25) is 4.79 Å². The molecule has 0 bridgehead atoms. The van der Waals surface area contributed by atoms with Crippen molar-refractivity contribution in [1.29, 1.82) is 10.5 Å². The number of aliphatic hydroxyl groups is 1. The summed E-state index contributed by atoms with van der Waals surface area (Å²) in [6, 6.07) is 24.6. The fourth-order valence-corrected chi connectivity index (χ4v) is 6.96. The van der Waals surface area contributed by atoms with Gasteiger partial charge in [-0.2, -0.15) is 10.5 Å². The molecule has 8 nitrogen and oxygen atoms in total. The average Bonchev–Trinajstić information content (AvgIpc) is 3.54. The summed E-state index contributed by atoms with van der Waals surface area (Å²) in [5.74, 6) is 1.58. The molecule has 2 aliphatic rings. The van der Waals surface area contributed by atoms with Crippen molar-refractivity contribution in [2.24, 2.45) is 0 Å². The van der Waals surface area contributed by atoms with E-state index in [1.165, 1.54) is 17.7 Å². The molecule has 1 N–H and O–H groups in total. The van der Waals surface area contributed by atoms with Crippen molar-refractivity contribution in [3.63, 3.8) is 0 Å². The van der Waals surface area contributed by atoms with Gasteiger partial charge in [-0.1, -0.05) is 41.9 Å². The molecule has 6 rings (SSSR count). The second-order valence-corrected chi connectivity index (χ2v) is 13.0. The molecular weight excluding hydrogens is 638 g/mol. The van der Waals surface area contributed by atoms with Crippen LogP contribution in [0.1, 0.15) is 75.5 Å². The summed E-state index contributed by atoms with van der Waals surface area (Å²) >= 11 is 6.61. The van der Waals surface area contributed by atoms with E-state index < -0.39 is 0 Å². The highest BCUT2D eigenvalue weighted by atomic mass is 35.5. The van der Waals surface area contributed by atoms with Crippen molar-refractivity contribution in [1.82, 2.24) is 4.90 Å². The fraction of sp³-hybridized carbons (Fsp3) is 0.325. The molecular formula is C40H38ClN3O5. The van der Waals surface area contributed by atoms with Gasteiger partial charge in [0.2, 0.25) is 0 Å². The third kappa shape index (κ3) is 7.90. The number of nitriles is 2. The molecule has 1 aliphatic heterocycles. The zero-order valence-corrected chi connectivity index (χ0v) is 28.2. The number of piperidine rings is 1. The molecule has 250 valence electrons. The molecule has 0 saturated carbocycles. The molecule has 9 heteroatoms. The van der Waals surface area contributed by atoms with Crippen LogP contribution in [0.5, 0.6) is 17.2 Å². The zero-order chi connectivity index (χ0) is 34.3. The summed E-state index contributed by atoms with van der Waals surface area (Å²) in [5.41, 5.74) is 7.30. The van der Waals surface area contributed by atoms with Crippen molar-refractivity contribution in [3.05, 3.63) is 111 Å². The molecule has 0 radical (unpaired) electrons. The van der Waals surface area contributed by atoms with E-state index in [0.717, 1.165) is 79.7 Å². The van der Waals surface area contributed by atoms with Gasteiger partial charge in [-0.25, -0.2) is 0 Å². The Balaban J connectivity index is 1.16. The third-order valence-corrected chi connectivity index (χ3v) is 9.62. The maximum absolute atomic E-state index is 11.9. The second-order valence-electron chi connectivity index (χ2n) is 12.6. The Kier molecular flexibility index (Phi) is 10.8. The summed E-state index contributed by atoms with van der Waals surface area (Å²) < 4.78 is 18.8. The number of likely N-dealkylation sites (tertiary alicyclic amines) is 1. The molecule has 0 spiro atoms. The normalized spacial score (nSPS) is 16.0. The van der Waals surface area contributed by atoms with Crippen molar-refractivity contribution in [2.75, 3.05) is 26.2 Å². The number of hydrogen-bond donors (Lipinski definition) is 1. The van der Waals surface area contributed by atoms with Crippen LogP contribution in [0.3, 0.4) is 0 Å². The number of fused-ring (bicyclic) bond motifs is 1. The Bertz CT molecular complexity index is 1890. The lowest BCUT2D eigenvalue weighted by molar-refractivity contribution is 0.0800. The standard InChI is InChI=1S/C40H38ClN3O5/c1-26-32(5-3-8-37(26)47-16-4-13-44-14-11-31(46)12-15-44)33-6-2-7-35-34(33)9-10-38(35)49-40-21-39(30(24-45)20-36(40)41)48-25-29-18-27(22-42)17-28(19-29)23-43/h2-3,5-8,17-21,24,31,38,46H,4,9-16,25H2,1H3/t38-/m0/s1. The summed E-state index contributed by atoms with van der Waals surface area (Å²) in [6.45, 7) is 5.63. The van der Waals surface area contributed by atoms with E-state index in [9.17, 15) is 20.4 Å². The smallest absolute Gasteiger partial charge is 0.153 e. The van der Waals surface area contributed by atoms with Crippen LogP contribution in [0.15, 0.2) is 66.7 Å². The van der Waals surface area contributed by atoms with Gasteiger partial charge in [0.25, 0.3) is 0 Å². The van der Waals surface area contributed by atoms with Gasteiger partial charge < -0.3 is 24.2 Å². The van der Waals surface area contributed by atoms with E-state index in [1.54, 1.807) is 18.2 Å². The number of aliphatic hydroxyl groups excluding tert-OH is 1. The predicted octanol–water partition coefficient (Wildman–Crippen LogP) is 7.74. The number of halogens is 1. The third-order valence-electron chi connectivity index (χ3n) is 9.33. The number of carbonyl (C=O) groups is 1. The molecule has 1 atom stereocenters. The Morgan fingerprint density at radius 2 is 1.65 bits per heavy atom. The van der Waals surface area contributed by atoms with Crippen molar-refractivity contribution >= 4 is 17.9 Å². The van der Waals surface area contributed by atoms with Gasteiger partial charge in [-0.05, 0) is 103 Å². The second kappa shape index (κ2) is 15.6. The van der Waals surface area contributed by atoms with Crippen LogP contribution in [-0.2, 0) is 13.0 Å². The molecule has 4 aromatic carbocycles. The molecule has 1 aliphatic carbocycles. The number of rotatable bonds is 12. The van der Waals surface area contributed by atoms with E-state index in [1.807, 2.05) is 12.1 Å². The number of aldehydes is 1. The van der Waals surface area contributed by atoms with Crippen LogP contribution < -0.4 is 14.2 Å². The summed E-state index contributed by atoms with van der Waals surface area (Å²) in [5, 5.41) is 28.7. The molecule has 49 heavy (non-hydrogen) atoms. The quantitative estimate of drug-likeness (QED) is 0.120. The molecule has 0 amide bonds. The van der Waals surface area contributed by atoms with Crippen LogP contribution in [0.2, 0.25) is 5.02 Å². The maximum Gasteiger partial charge on any atom is 0.153 e. The van der Waals surface area contributed by atoms with E-state index in [4.69, 9.17) is 25.8 Å². The topological polar surface area (TPSA) is 116 Å². The van der Waals surface area contributed by atoms with Crippen LogP contribution in [0, 0.1) is 29.6 Å². The van der Waals surface area contributed by atoms with Crippen LogP contribution in [-0.4, -0.2) is 48.6 Å². The molecule has 1 fully saturated rings.